The summed E-state index contributed by atoms with van der Waals surface area (Å²) in [6, 6.07) is 4.36. The second-order valence-corrected chi connectivity index (χ2v) is 4.48. The van der Waals surface area contributed by atoms with Gasteiger partial charge in [0.15, 0.2) is 5.78 Å². The maximum absolute atomic E-state index is 12.9. The third-order valence-corrected chi connectivity index (χ3v) is 2.80. The van der Waals surface area contributed by atoms with Gasteiger partial charge in [0, 0.05) is 12.0 Å². The smallest absolute Gasteiger partial charge is 0.163 e. The molecule has 1 aromatic rings. The summed E-state index contributed by atoms with van der Waals surface area (Å²) in [7, 11) is 0. The Kier molecular flexibility index (Phi) is 4.66. The SMILES string of the molecule is CCCC(C)CC(=O)c1ccc(F)cc1C. The van der Waals surface area contributed by atoms with E-state index in [-0.39, 0.29) is 11.6 Å². The number of hydrogen-bond acceptors (Lipinski definition) is 1. The number of rotatable bonds is 5. The first kappa shape index (κ1) is 12.9. The van der Waals surface area contributed by atoms with Crippen molar-refractivity contribution in [1.29, 1.82) is 0 Å². The van der Waals surface area contributed by atoms with Crippen LogP contribution in [0.25, 0.3) is 0 Å². The summed E-state index contributed by atoms with van der Waals surface area (Å²) in [5.74, 6) is 0.246. The lowest BCUT2D eigenvalue weighted by Gasteiger charge is -2.10. The summed E-state index contributed by atoms with van der Waals surface area (Å²) in [6.07, 6.45) is 2.71. The number of hydrogen-bond donors (Lipinski definition) is 0. The topological polar surface area (TPSA) is 17.1 Å². The van der Waals surface area contributed by atoms with Crippen molar-refractivity contribution < 1.29 is 9.18 Å². The summed E-state index contributed by atoms with van der Waals surface area (Å²) < 4.78 is 12.9. The minimum atomic E-state index is -0.282. The third-order valence-electron chi connectivity index (χ3n) is 2.80. The standard InChI is InChI=1S/C14H19FO/c1-4-5-10(2)8-14(16)13-7-6-12(15)9-11(13)3/h6-7,9-10H,4-5,8H2,1-3H3. The van der Waals surface area contributed by atoms with Crippen LogP contribution in [-0.4, -0.2) is 5.78 Å². The lowest BCUT2D eigenvalue weighted by molar-refractivity contribution is 0.0962. The van der Waals surface area contributed by atoms with E-state index < -0.39 is 0 Å². The van der Waals surface area contributed by atoms with Crippen molar-refractivity contribution in [2.45, 2.75) is 40.0 Å². The summed E-state index contributed by atoms with van der Waals surface area (Å²) in [4.78, 5) is 11.9. The first-order chi connectivity index (χ1) is 7.54. The second-order valence-electron chi connectivity index (χ2n) is 4.48. The highest BCUT2D eigenvalue weighted by molar-refractivity contribution is 5.97. The first-order valence-electron chi connectivity index (χ1n) is 5.84. The van der Waals surface area contributed by atoms with Crippen LogP contribution in [0.4, 0.5) is 4.39 Å². The molecule has 1 unspecified atom stereocenters. The van der Waals surface area contributed by atoms with Crippen LogP contribution in [0.5, 0.6) is 0 Å². The second kappa shape index (κ2) is 5.78. The monoisotopic (exact) mass is 222 g/mol. The van der Waals surface area contributed by atoms with E-state index >= 15 is 0 Å². The fraction of sp³-hybridized carbons (Fsp3) is 0.500. The van der Waals surface area contributed by atoms with Crippen LogP contribution in [0.15, 0.2) is 18.2 Å². The minimum absolute atomic E-state index is 0.124. The van der Waals surface area contributed by atoms with E-state index in [1.807, 2.05) is 0 Å². The van der Waals surface area contributed by atoms with Crippen LogP contribution >= 0.6 is 0 Å². The largest absolute Gasteiger partial charge is 0.294 e. The summed E-state index contributed by atoms with van der Waals surface area (Å²) in [5, 5.41) is 0. The molecule has 16 heavy (non-hydrogen) atoms. The molecular formula is C14H19FO. The molecule has 0 aliphatic carbocycles. The van der Waals surface area contributed by atoms with Gasteiger partial charge in [-0.1, -0.05) is 26.7 Å². The van der Waals surface area contributed by atoms with Gasteiger partial charge in [-0.15, -0.1) is 0 Å². The van der Waals surface area contributed by atoms with E-state index in [0.29, 0.717) is 17.9 Å². The molecule has 0 aromatic heterocycles. The molecule has 1 atom stereocenters. The lowest BCUT2D eigenvalue weighted by atomic mass is 9.94. The zero-order valence-corrected chi connectivity index (χ0v) is 10.2. The number of carbonyl (C=O) groups excluding carboxylic acids is 1. The first-order valence-corrected chi connectivity index (χ1v) is 5.84. The highest BCUT2D eigenvalue weighted by Crippen LogP contribution is 2.17. The molecule has 0 spiro atoms. The summed E-state index contributed by atoms with van der Waals surface area (Å²) in [5.41, 5.74) is 1.39. The molecular weight excluding hydrogens is 203 g/mol. The molecule has 0 aliphatic rings. The molecule has 0 N–H and O–H groups in total. The molecule has 0 aliphatic heterocycles. The van der Waals surface area contributed by atoms with Crippen LogP contribution in [0.1, 0.15) is 49.0 Å². The van der Waals surface area contributed by atoms with E-state index in [1.54, 1.807) is 13.0 Å². The van der Waals surface area contributed by atoms with Gasteiger partial charge in [-0.25, -0.2) is 4.39 Å². The molecule has 0 radical (unpaired) electrons. The highest BCUT2D eigenvalue weighted by atomic mass is 19.1. The number of benzene rings is 1. The Morgan fingerprint density at radius 1 is 1.44 bits per heavy atom. The van der Waals surface area contributed by atoms with Crippen molar-refractivity contribution in [2.75, 3.05) is 0 Å². The zero-order valence-electron chi connectivity index (χ0n) is 10.2. The van der Waals surface area contributed by atoms with E-state index in [0.717, 1.165) is 18.4 Å². The fourth-order valence-corrected chi connectivity index (χ4v) is 1.96. The molecule has 88 valence electrons. The molecule has 0 saturated heterocycles. The Balaban J connectivity index is 2.73. The van der Waals surface area contributed by atoms with Crippen molar-refractivity contribution in [3.63, 3.8) is 0 Å². The molecule has 0 amide bonds. The maximum atomic E-state index is 12.9. The molecule has 2 heteroatoms. The van der Waals surface area contributed by atoms with E-state index in [9.17, 15) is 9.18 Å². The van der Waals surface area contributed by atoms with Gasteiger partial charge in [0.2, 0.25) is 0 Å². The Hall–Kier alpha value is -1.18. The van der Waals surface area contributed by atoms with E-state index in [2.05, 4.69) is 13.8 Å². The lowest BCUT2D eigenvalue weighted by Crippen LogP contribution is -2.07. The maximum Gasteiger partial charge on any atom is 0.163 e. The predicted molar refractivity (Wildman–Crippen MR) is 64.2 cm³/mol. The third kappa shape index (κ3) is 3.44. The van der Waals surface area contributed by atoms with Crippen molar-refractivity contribution in [1.82, 2.24) is 0 Å². The van der Waals surface area contributed by atoms with Gasteiger partial charge < -0.3 is 0 Å². The van der Waals surface area contributed by atoms with E-state index in [4.69, 9.17) is 0 Å². The molecule has 1 aromatic carbocycles. The Labute approximate surface area is 96.7 Å². The van der Waals surface area contributed by atoms with Crippen LogP contribution < -0.4 is 0 Å². The summed E-state index contributed by atoms with van der Waals surface area (Å²) in [6.45, 7) is 5.98. The molecule has 0 heterocycles. The van der Waals surface area contributed by atoms with Gasteiger partial charge in [-0.2, -0.15) is 0 Å². The van der Waals surface area contributed by atoms with Gasteiger partial charge in [0.1, 0.15) is 5.82 Å². The highest BCUT2D eigenvalue weighted by Gasteiger charge is 2.13. The summed E-state index contributed by atoms with van der Waals surface area (Å²) >= 11 is 0. The zero-order chi connectivity index (χ0) is 12.1. The van der Waals surface area contributed by atoms with Crippen molar-refractivity contribution in [3.8, 4) is 0 Å². The average molecular weight is 222 g/mol. The van der Waals surface area contributed by atoms with Crippen molar-refractivity contribution in [3.05, 3.63) is 35.1 Å². The quantitative estimate of drug-likeness (QED) is 0.684. The minimum Gasteiger partial charge on any atom is -0.294 e. The number of ketones is 1. The van der Waals surface area contributed by atoms with Gasteiger partial charge >= 0.3 is 0 Å². The molecule has 0 saturated carbocycles. The van der Waals surface area contributed by atoms with Gasteiger partial charge in [0.25, 0.3) is 0 Å². The van der Waals surface area contributed by atoms with Crippen molar-refractivity contribution in [2.24, 2.45) is 5.92 Å². The number of halogens is 1. The number of carbonyl (C=O) groups is 1. The average Bonchev–Trinajstić information content (AvgIpc) is 2.17. The predicted octanol–water partition coefficient (Wildman–Crippen LogP) is 4.14. The molecule has 0 bridgehead atoms. The number of aryl methyl sites for hydroxylation is 1. The van der Waals surface area contributed by atoms with E-state index in [1.165, 1.54) is 12.1 Å². The molecule has 0 fully saturated rings. The van der Waals surface area contributed by atoms with Crippen LogP contribution in [0.3, 0.4) is 0 Å². The molecule has 1 nitrogen and oxygen atoms in total. The normalized spacial score (nSPS) is 12.5. The van der Waals surface area contributed by atoms with Crippen LogP contribution in [0.2, 0.25) is 0 Å². The number of Topliss-reactive ketones (excluding diaryl/α,β-unsaturated/α-hetero) is 1. The Bertz CT molecular complexity index is 371. The van der Waals surface area contributed by atoms with Gasteiger partial charge in [-0.3, -0.25) is 4.79 Å². The fourth-order valence-electron chi connectivity index (χ4n) is 1.96. The van der Waals surface area contributed by atoms with Crippen LogP contribution in [-0.2, 0) is 0 Å². The van der Waals surface area contributed by atoms with Crippen LogP contribution in [0, 0.1) is 18.7 Å². The van der Waals surface area contributed by atoms with Crippen molar-refractivity contribution >= 4 is 5.78 Å². The van der Waals surface area contributed by atoms with Gasteiger partial charge in [0.05, 0.1) is 0 Å². The Morgan fingerprint density at radius 3 is 2.69 bits per heavy atom. The van der Waals surface area contributed by atoms with Gasteiger partial charge in [-0.05, 0) is 36.6 Å². The molecule has 1 rings (SSSR count). The Morgan fingerprint density at radius 2 is 2.12 bits per heavy atom.